The lowest BCUT2D eigenvalue weighted by Gasteiger charge is -2.08. The fourth-order valence-electron chi connectivity index (χ4n) is 1.55. The molecule has 0 radical (unpaired) electrons. The molecule has 2 aromatic rings. The molecule has 1 heterocycles. The third-order valence-corrected chi connectivity index (χ3v) is 2.89. The van der Waals surface area contributed by atoms with E-state index in [0.29, 0.717) is 0 Å². The summed E-state index contributed by atoms with van der Waals surface area (Å²) in [6, 6.07) is 4.38. The van der Waals surface area contributed by atoms with E-state index in [9.17, 15) is 24.8 Å². The largest absolute Gasteiger partial charge is 0.507 e. The van der Waals surface area contributed by atoms with E-state index >= 15 is 0 Å². The average molecular weight is 310 g/mol. The summed E-state index contributed by atoms with van der Waals surface area (Å²) in [6.45, 7) is 0. The van der Waals surface area contributed by atoms with Crippen molar-refractivity contribution < 1.29 is 14.8 Å². The molecule has 3 N–H and O–H groups in total. The van der Waals surface area contributed by atoms with Crippen LogP contribution in [0.4, 0.5) is 11.4 Å². The van der Waals surface area contributed by atoms with Crippen LogP contribution < -0.4 is 10.9 Å². The zero-order chi connectivity index (χ0) is 15.6. The second kappa shape index (κ2) is 5.63. The lowest BCUT2D eigenvalue weighted by atomic mass is 10.2. The van der Waals surface area contributed by atoms with Gasteiger partial charge < -0.3 is 15.4 Å². The lowest BCUT2D eigenvalue weighted by molar-refractivity contribution is -0.384. The van der Waals surface area contributed by atoms with Gasteiger partial charge in [0.1, 0.15) is 5.75 Å². The zero-order valence-corrected chi connectivity index (χ0v) is 11.0. The Bertz CT molecular complexity index is 787. The van der Waals surface area contributed by atoms with Crippen molar-refractivity contribution in [1.29, 1.82) is 0 Å². The van der Waals surface area contributed by atoms with E-state index in [4.69, 9.17) is 11.6 Å². The summed E-state index contributed by atoms with van der Waals surface area (Å²) in [5.41, 5.74) is -1.00. The van der Waals surface area contributed by atoms with Gasteiger partial charge in [0.05, 0.1) is 21.2 Å². The Kier molecular flexibility index (Phi) is 3.90. The monoisotopic (exact) mass is 309 g/mol. The predicted molar refractivity (Wildman–Crippen MR) is 74.8 cm³/mol. The molecule has 1 aromatic heterocycles. The van der Waals surface area contributed by atoms with Crippen LogP contribution in [0.25, 0.3) is 0 Å². The van der Waals surface area contributed by atoms with Crippen LogP contribution in [-0.2, 0) is 0 Å². The van der Waals surface area contributed by atoms with E-state index in [1.54, 1.807) is 0 Å². The molecule has 0 saturated heterocycles. The van der Waals surface area contributed by atoms with Crippen LogP contribution in [0.2, 0.25) is 5.02 Å². The molecule has 0 aliphatic heterocycles. The number of halogens is 1. The van der Waals surface area contributed by atoms with Crippen LogP contribution in [0, 0.1) is 10.1 Å². The fourth-order valence-corrected chi connectivity index (χ4v) is 1.72. The van der Waals surface area contributed by atoms with Gasteiger partial charge in [0.15, 0.2) is 0 Å². The summed E-state index contributed by atoms with van der Waals surface area (Å²) >= 11 is 5.84. The van der Waals surface area contributed by atoms with Crippen molar-refractivity contribution in [3.8, 4) is 5.75 Å². The number of H-pyrrole nitrogens is 1. The number of pyridine rings is 1. The quantitative estimate of drug-likeness (QED) is 0.589. The van der Waals surface area contributed by atoms with Crippen molar-refractivity contribution in [2.45, 2.75) is 0 Å². The smallest absolute Gasteiger partial charge is 0.271 e. The van der Waals surface area contributed by atoms with Crippen LogP contribution in [0.15, 0.2) is 35.3 Å². The number of carbonyl (C=O) groups is 1. The average Bonchev–Trinajstić information content (AvgIpc) is 2.40. The first-order valence-corrected chi connectivity index (χ1v) is 5.93. The lowest BCUT2D eigenvalue weighted by Crippen LogP contribution is -2.15. The maximum Gasteiger partial charge on any atom is 0.271 e. The second-order valence-electron chi connectivity index (χ2n) is 3.97. The van der Waals surface area contributed by atoms with Crippen LogP contribution in [-0.4, -0.2) is 20.9 Å². The molecule has 108 valence electrons. The van der Waals surface area contributed by atoms with Gasteiger partial charge in [0.2, 0.25) is 0 Å². The molecular formula is C12H8ClN3O5. The normalized spacial score (nSPS) is 10.1. The van der Waals surface area contributed by atoms with Crippen molar-refractivity contribution in [2.75, 3.05) is 5.32 Å². The molecule has 9 heteroatoms. The number of aromatic nitrogens is 1. The Morgan fingerprint density at radius 1 is 1.38 bits per heavy atom. The summed E-state index contributed by atoms with van der Waals surface area (Å²) in [5, 5.41) is 22.6. The standard InChI is InChI=1S/C12H8ClN3O5/c13-8-2-1-6(16(20)21)3-9(8)15-12(19)7-5-14-11(18)4-10(7)17/h1-5H,(H,15,19)(H2,14,17,18). The highest BCUT2D eigenvalue weighted by atomic mass is 35.5. The topological polar surface area (TPSA) is 125 Å². The third-order valence-electron chi connectivity index (χ3n) is 2.56. The molecule has 2 rings (SSSR count). The van der Waals surface area contributed by atoms with Gasteiger partial charge in [0.25, 0.3) is 17.2 Å². The third kappa shape index (κ3) is 3.18. The molecule has 0 atom stereocenters. The first kappa shape index (κ1) is 14.5. The molecule has 0 bridgehead atoms. The first-order valence-electron chi connectivity index (χ1n) is 5.55. The predicted octanol–water partition coefficient (Wildman–Crippen LogP) is 1.89. The molecule has 8 nitrogen and oxygen atoms in total. The number of nitro groups is 1. The fraction of sp³-hybridized carbons (Fsp3) is 0. The molecule has 0 saturated carbocycles. The molecule has 0 aliphatic rings. The van der Waals surface area contributed by atoms with Crippen LogP contribution >= 0.6 is 11.6 Å². The van der Waals surface area contributed by atoms with Gasteiger partial charge in [-0.1, -0.05) is 11.6 Å². The zero-order valence-electron chi connectivity index (χ0n) is 10.3. The SMILES string of the molecule is O=C(Nc1cc([N+](=O)[O-])ccc1Cl)c1c[nH]c(=O)cc1O. The minimum atomic E-state index is -0.772. The number of rotatable bonds is 3. The highest BCUT2D eigenvalue weighted by Crippen LogP contribution is 2.27. The van der Waals surface area contributed by atoms with Crippen LogP contribution in [0.5, 0.6) is 5.75 Å². The summed E-state index contributed by atoms with van der Waals surface area (Å²) < 4.78 is 0. The van der Waals surface area contributed by atoms with Crippen molar-refractivity contribution in [3.63, 3.8) is 0 Å². The Morgan fingerprint density at radius 3 is 2.71 bits per heavy atom. The number of aromatic hydroxyl groups is 1. The molecule has 0 spiro atoms. The summed E-state index contributed by atoms with van der Waals surface area (Å²) in [5.74, 6) is -1.29. The second-order valence-corrected chi connectivity index (χ2v) is 4.38. The Labute approximate surface area is 122 Å². The van der Waals surface area contributed by atoms with E-state index in [1.165, 1.54) is 12.1 Å². The number of nitro benzene ring substituents is 1. The minimum absolute atomic E-state index is 0.0152. The van der Waals surface area contributed by atoms with Crippen LogP contribution in [0.3, 0.4) is 0 Å². The number of carbonyl (C=O) groups excluding carboxylic acids is 1. The summed E-state index contributed by atoms with van der Waals surface area (Å²) in [7, 11) is 0. The number of benzene rings is 1. The highest BCUT2D eigenvalue weighted by molar-refractivity contribution is 6.34. The number of aromatic amines is 1. The van der Waals surface area contributed by atoms with E-state index in [1.807, 2.05) is 0 Å². The van der Waals surface area contributed by atoms with Gasteiger partial charge in [0, 0.05) is 24.4 Å². The molecule has 21 heavy (non-hydrogen) atoms. The highest BCUT2D eigenvalue weighted by Gasteiger charge is 2.16. The summed E-state index contributed by atoms with van der Waals surface area (Å²) in [6.07, 6.45) is 1.03. The van der Waals surface area contributed by atoms with Gasteiger partial charge >= 0.3 is 0 Å². The maximum absolute atomic E-state index is 12.0. The first-order chi connectivity index (χ1) is 9.88. The van der Waals surface area contributed by atoms with E-state index < -0.39 is 22.1 Å². The number of hydrogen-bond acceptors (Lipinski definition) is 5. The molecule has 0 fully saturated rings. The van der Waals surface area contributed by atoms with Gasteiger partial charge in [-0.2, -0.15) is 0 Å². The molecule has 1 aromatic carbocycles. The van der Waals surface area contributed by atoms with Gasteiger partial charge in [-0.25, -0.2) is 0 Å². The molecular weight excluding hydrogens is 302 g/mol. The van der Waals surface area contributed by atoms with Crippen LogP contribution in [0.1, 0.15) is 10.4 Å². The maximum atomic E-state index is 12.0. The van der Waals surface area contributed by atoms with Gasteiger partial charge in [-0.05, 0) is 6.07 Å². The Balaban J connectivity index is 2.33. The van der Waals surface area contributed by atoms with Crippen molar-refractivity contribution >= 4 is 28.9 Å². The Morgan fingerprint density at radius 2 is 2.10 bits per heavy atom. The van der Waals surface area contributed by atoms with Gasteiger partial charge in [-0.15, -0.1) is 0 Å². The van der Waals surface area contributed by atoms with E-state index in [0.717, 1.165) is 18.3 Å². The number of nitrogens with zero attached hydrogens (tertiary/aromatic N) is 1. The summed E-state index contributed by atoms with van der Waals surface area (Å²) in [4.78, 5) is 35.2. The van der Waals surface area contributed by atoms with Crippen molar-refractivity contribution in [1.82, 2.24) is 4.98 Å². The Hall–Kier alpha value is -2.87. The van der Waals surface area contributed by atoms with Crippen molar-refractivity contribution in [2.24, 2.45) is 0 Å². The number of non-ortho nitro benzene ring substituents is 1. The number of nitrogens with one attached hydrogen (secondary N) is 2. The number of hydrogen-bond donors (Lipinski definition) is 3. The number of anilines is 1. The van der Waals surface area contributed by atoms with E-state index in [-0.39, 0.29) is 22.0 Å². The molecule has 0 aliphatic carbocycles. The molecule has 1 amide bonds. The molecule has 0 unspecified atom stereocenters. The van der Waals surface area contributed by atoms with Gasteiger partial charge in [-0.3, -0.25) is 19.7 Å². The minimum Gasteiger partial charge on any atom is -0.507 e. The van der Waals surface area contributed by atoms with E-state index in [2.05, 4.69) is 10.3 Å². The van der Waals surface area contributed by atoms with Crippen molar-refractivity contribution in [3.05, 3.63) is 61.5 Å². The number of amides is 1.